The smallest absolute Gasteiger partial charge is 0.308 e. The lowest BCUT2D eigenvalue weighted by Crippen LogP contribution is -2.30. The van der Waals surface area contributed by atoms with Crippen LogP contribution >= 0.6 is 0 Å². The number of halogens is 3. The number of nitrogens with zero attached hydrogens (tertiary/aromatic N) is 2. The molecule has 1 aromatic heterocycles. The number of aromatic nitrogens is 1. The van der Waals surface area contributed by atoms with Gasteiger partial charge in [0.15, 0.2) is 0 Å². The molecule has 0 atom stereocenters. The molecule has 4 nitrogen and oxygen atoms in total. The summed E-state index contributed by atoms with van der Waals surface area (Å²) < 4.78 is 43.1. The third-order valence-corrected chi connectivity index (χ3v) is 8.81. The predicted molar refractivity (Wildman–Crippen MR) is 179 cm³/mol. The summed E-state index contributed by atoms with van der Waals surface area (Å²) in [7, 11) is 0. The maximum absolute atomic E-state index is 14.5. The van der Waals surface area contributed by atoms with Crippen LogP contribution in [0.5, 0.6) is 0 Å². The van der Waals surface area contributed by atoms with E-state index in [1.165, 1.54) is 11.0 Å². The summed E-state index contributed by atoms with van der Waals surface area (Å²) in [5.74, 6) is -0.966. The van der Waals surface area contributed by atoms with Gasteiger partial charge in [0.1, 0.15) is 0 Å². The minimum atomic E-state index is -4.52. The molecule has 0 bridgehead atoms. The summed E-state index contributed by atoms with van der Waals surface area (Å²) >= 11 is 0. The number of carbonyl (C=O) groups excluding carboxylic acids is 2. The molecule has 0 radical (unpaired) electrons. The summed E-state index contributed by atoms with van der Waals surface area (Å²) in [6, 6.07) is 39.4. The Morgan fingerprint density at radius 2 is 1.19 bits per heavy atom. The van der Waals surface area contributed by atoms with Crippen molar-refractivity contribution in [3.63, 3.8) is 0 Å². The Morgan fingerprint density at radius 1 is 0.532 bits per heavy atom. The molecule has 1 aliphatic rings. The Morgan fingerprint density at radius 3 is 1.89 bits per heavy atom. The third kappa shape index (κ3) is 4.54. The van der Waals surface area contributed by atoms with Crippen LogP contribution in [-0.4, -0.2) is 16.4 Å². The number of imide groups is 1. The summed E-state index contributed by atoms with van der Waals surface area (Å²) in [6.07, 6.45) is -4.52. The Labute approximate surface area is 267 Å². The topological polar surface area (TPSA) is 42.3 Å². The molecule has 7 aromatic rings. The van der Waals surface area contributed by atoms with Crippen LogP contribution < -0.4 is 4.90 Å². The predicted octanol–water partition coefficient (Wildman–Crippen LogP) is 10.2. The fourth-order valence-electron chi connectivity index (χ4n) is 6.64. The maximum Gasteiger partial charge on any atom is 0.416 e. The highest BCUT2D eigenvalue weighted by molar-refractivity contribution is 6.36. The van der Waals surface area contributed by atoms with Crippen molar-refractivity contribution in [2.75, 3.05) is 4.90 Å². The first-order valence-corrected chi connectivity index (χ1v) is 15.1. The lowest BCUT2D eigenvalue weighted by Gasteiger charge is -2.20. The van der Waals surface area contributed by atoms with Crippen LogP contribution in [-0.2, 0) is 6.18 Å². The van der Waals surface area contributed by atoms with Gasteiger partial charge >= 0.3 is 6.18 Å². The van der Waals surface area contributed by atoms with Gasteiger partial charge in [0.25, 0.3) is 11.8 Å². The molecule has 7 heteroatoms. The fourth-order valence-corrected chi connectivity index (χ4v) is 6.64. The Hall–Kier alpha value is -5.95. The van der Waals surface area contributed by atoms with Crippen molar-refractivity contribution in [3.05, 3.63) is 156 Å². The molecular weight excluding hydrogens is 597 g/mol. The third-order valence-electron chi connectivity index (χ3n) is 8.81. The molecule has 228 valence electrons. The summed E-state index contributed by atoms with van der Waals surface area (Å²) in [4.78, 5) is 29.9. The number of alkyl halides is 3. The van der Waals surface area contributed by atoms with Crippen molar-refractivity contribution in [1.29, 1.82) is 0 Å². The standard InChI is InChI=1S/C40H25F3N2O2/c1-24-15-18-34-31(21-24)32-23-28(40(41,42)43)17-20-35(32)44(34)36-14-8-13-29-37(36)39(47)45(38(29)46)33-19-16-27(25-9-4-2-5-10-25)22-30(33)26-11-6-3-7-12-26/h2-23H,1H3. The van der Waals surface area contributed by atoms with E-state index >= 15 is 0 Å². The molecule has 47 heavy (non-hydrogen) atoms. The van der Waals surface area contributed by atoms with Crippen LogP contribution in [0.1, 0.15) is 31.8 Å². The summed E-state index contributed by atoms with van der Waals surface area (Å²) in [5.41, 5.74) is 6.05. The molecule has 0 saturated carbocycles. The second kappa shape index (κ2) is 10.6. The highest BCUT2D eigenvalue weighted by Gasteiger charge is 2.40. The molecular formula is C40H25F3N2O2. The molecule has 0 fully saturated rings. The van der Waals surface area contributed by atoms with Crippen LogP contribution in [0.15, 0.2) is 133 Å². The van der Waals surface area contributed by atoms with E-state index in [0.29, 0.717) is 33.2 Å². The molecule has 0 spiro atoms. The highest BCUT2D eigenvalue weighted by Crippen LogP contribution is 2.42. The Bertz CT molecular complexity index is 2390. The van der Waals surface area contributed by atoms with Gasteiger partial charge in [-0.25, -0.2) is 4.90 Å². The summed E-state index contributed by atoms with van der Waals surface area (Å²) in [6.45, 7) is 1.88. The Kier molecular flexibility index (Phi) is 6.41. The van der Waals surface area contributed by atoms with E-state index in [9.17, 15) is 22.8 Å². The molecule has 0 aliphatic carbocycles. The first kappa shape index (κ1) is 28.5. The molecule has 8 rings (SSSR count). The van der Waals surface area contributed by atoms with Gasteiger partial charge in [-0.2, -0.15) is 13.2 Å². The van der Waals surface area contributed by atoms with Crippen molar-refractivity contribution in [2.24, 2.45) is 0 Å². The van der Waals surface area contributed by atoms with Crippen LogP contribution in [0.3, 0.4) is 0 Å². The van der Waals surface area contributed by atoms with E-state index in [1.54, 1.807) is 28.8 Å². The van der Waals surface area contributed by atoms with E-state index in [-0.39, 0.29) is 11.1 Å². The van der Waals surface area contributed by atoms with E-state index in [1.807, 2.05) is 97.9 Å². The van der Waals surface area contributed by atoms with Gasteiger partial charge in [-0.1, -0.05) is 84.4 Å². The number of amides is 2. The van der Waals surface area contributed by atoms with Crippen molar-refractivity contribution in [1.82, 2.24) is 4.57 Å². The number of aryl methyl sites for hydroxylation is 1. The largest absolute Gasteiger partial charge is 0.416 e. The van der Waals surface area contributed by atoms with Gasteiger partial charge < -0.3 is 4.57 Å². The average molecular weight is 623 g/mol. The number of hydrogen-bond acceptors (Lipinski definition) is 2. The number of carbonyl (C=O) groups is 2. The molecule has 2 amide bonds. The molecule has 0 unspecified atom stereocenters. The summed E-state index contributed by atoms with van der Waals surface area (Å²) in [5, 5.41) is 1.04. The van der Waals surface area contributed by atoms with E-state index in [4.69, 9.17) is 0 Å². The zero-order valence-electron chi connectivity index (χ0n) is 25.0. The number of benzene rings is 6. The normalized spacial score (nSPS) is 13.1. The lowest BCUT2D eigenvalue weighted by atomic mass is 9.97. The van der Waals surface area contributed by atoms with Gasteiger partial charge in [0, 0.05) is 16.3 Å². The van der Waals surface area contributed by atoms with Crippen LogP contribution in [0.2, 0.25) is 0 Å². The van der Waals surface area contributed by atoms with Crippen molar-refractivity contribution >= 4 is 39.3 Å². The minimum absolute atomic E-state index is 0.197. The molecule has 2 heterocycles. The number of hydrogen-bond donors (Lipinski definition) is 0. The number of fused-ring (bicyclic) bond motifs is 4. The molecule has 0 N–H and O–H groups in total. The van der Waals surface area contributed by atoms with E-state index < -0.39 is 23.6 Å². The van der Waals surface area contributed by atoms with Crippen molar-refractivity contribution < 1.29 is 22.8 Å². The van der Waals surface area contributed by atoms with E-state index in [2.05, 4.69) is 0 Å². The quantitative estimate of drug-likeness (QED) is 0.183. The fraction of sp³-hybridized carbons (Fsp3) is 0.0500. The number of rotatable bonds is 4. The Balaban J connectivity index is 1.33. The molecule has 0 saturated heterocycles. The van der Waals surface area contributed by atoms with Gasteiger partial charge in [-0.3, -0.25) is 9.59 Å². The van der Waals surface area contributed by atoms with Gasteiger partial charge in [0.2, 0.25) is 0 Å². The van der Waals surface area contributed by atoms with Crippen LogP contribution in [0, 0.1) is 6.92 Å². The average Bonchev–Trinajstić information content (AvgIpc) is 3.54. The van der Waals surface area contributed by atoms with E-state index in [0.717, 1.165) is 39.9 Å². The van der Waals surface area contributed by atoms with Gasteiger partial charge in [-0.15, -0.1) is 0 Å². The lowest BCUT2D eigenvalue weighted by molar-refractivity contribution is -0.137. The van der Waals surface area contributed by atoms with Crippen LogP contribution in [0.4, 0.5) is 18.9 Å². The van der Waals surface area contributed by atoms with Gasteiger partial charge in [0.05, 0.1) is 39.1 Å². The monoisotopic (exact) mass is 622 g/mol. The first-order valence-electron chi connectivity index (χ1n) is 15.1. The minimum Gasteiger partial charge on any atom is -0.308 e. The highest BCUT2D eigenvalue weighted by atomic mass is 19.4. The van der Waals surface area contributed by atoms with Gasteiger partial charge in [-0.05, 0) is 78.2 Å². The SMILES string of the molecule is Cc1ccc2c(c1)c1cc(C(F)(F)F)ccc1n2-c1cccc2c1C(=O)N(c1ccc(-c3ccccc3)cc1-c1ccccc1)C2=O. The first-order chi connectivity index (χ1) is 22.7. The maximum atomic E-state index is 14.5. The van der Waals surface area contributed by atoms with Crippen molar-refractivity contribution in [3.8, 4) is 27.9 Å². The number of anilines is 1. The molecule has 6 aromatic carbocycles. The zero-order chi connectivity index (χ0) is 32.4. The van der Waals surface area contributed by atoms with Crippen molar-refractivity contribution in [2.45, 2.75) is 13.1 Å². The second-order valence-electron chi connectivity index (χ2n) is 11.7. The zero-order valence-corrected chi connectivity index (χ0v) is 25.0. The van der Waals surface area contributed by atoms with Crippen LogP contribution in [0.25, 0.3) is 49.7 Å². The second-order valence-corrected chi connectivity index (χ2v) is 11.7. The molecule has 1 aliphatic heterocycles.